The van der Waals surface area contributed by atoms with Crippen molar-refractivity contribution in [3.05, 3.63) is 23.3 Å². The van der Waals surface area contributed by atoms with Crippen LogP contribution in [0.4, 0.5) is 5.69 Å². The summed E-state index contributed by atoms with van der Waals surface area (Å²) in [5.74, 6) is 0.792. The fourth-order valence-corrected chi connectivity index (χ4v) is 2.67. The van der Waals surface area contributed by atoms with Gasteiger partial charge in [-0.1, -0.05) is 6.07 Å². The molecule has 2 rings (SSSR count). The fraction of sp³-hybridized carbons (Fsp3) is 0.625. The number of aryl methyl sites for hydroxylation is 2. The number of morpholine rings is 1. The normalized spacial score (nSPS) is 20.4. The van der Waals surface area contributed by atoms with E-state index in [1.54, 1.807) is 0 Å². The maximum Gasteiger partial charge on any atom is 0.145 e. The summed E-state index contributed by atoms with van der Waals surface area (Å²) < 4.78 is 11.7. The van der Waals surface area contributed by atoms with Crippen molar-refractivity contribution in [1.82, 2.24) is 4.90 Å². The molecule has 0 spiro atoms. The van der Waals surface area contributed by atoms with Crippen molar-refractivity contribution in [2.45, 2.75) is 39.8 Å². The number of anilines is 1. The summed E-state index contributed by atoms with van der Waals surface area (Å²) in [5.41, 5.74) is 8.99. The first kappa shape index (κ1) is 15.1. The zero-order chi connectivity index (χ0) is 14.7. The molecular weight excluding hydrogens is 252 g/mol. The Labute approximate surface area is 121 Å². The van der Waals surface area contributed by atoms with Crippen LogP contribution in [0.2, 0.25) is 0 Å². The quantitative estimate of drug-likeness (QED) is 0.859. The molecule has 1 aromatic carbocycles. The topological polar surface area (TPSA) is 47.7 Å². The van der Waals surface area contributed by atoms with E-state index in [9.17, 15) is 0 Å². The summed E-state index contributed by atoms with van der Waals surface area (Å²) in [4.78, 5) is 2.42. The standard InChI is InChI=1S/C16H26N2O2/c1-11(2)18-5-6-19-14(9-18)10-20-16-13(4)7-12(3)8-15(16)17/h7-8,11,14H,5-6,9-10,17H2,1-4H3. The summed E-state index contributed by atoms with van der Waals surface area (Å²) >= 11 is 0. The Bertz CT molecular complexity index is 437. The molecule has 1 fully saturated rings. The van der Waals surface area contributed by atoms with E-state index in [1.807, 2.05) is 19.9 Å². The highest BCUT2D eigenvalue weighted by molar-refractivity contribution is 5.58. The summed E-state index contributed by atoms with van der Waals surface area (Å²) in [6, 6.07) is 4.59. The van der Waals surface area contributed by atoms with Crippen LogP contribution in [0.5, 0.6) is 5.75 Å². The Hall–Kier alpha value is -1.26. The average Bonchev–Trinajstić information content (AvgIpc) is 2.37. The van der Waals surface area contributed by atoms with Crippen LogP contribution in [-0.4, -0.2) is 43.3 Å². The van der Waals surface area contributed by atoms with E-state index in [0.29, 0.717) is 18.3 Å². The van der Waals surface area contributed by atoms with E-state index >= 15 is 0 Å². The molecule has 1 aliphatic rings. The number of ether oxygens (including phenoxy) is 2. The highest BCUT2D eigenvalue weighted by atomic mass is 16.5. The van der Waals surface area contributed by atoms with Crippen LogP contribution < -0.4 is 10.5 Å². The van der Waals surface area contributed by atoms with Crippen molar-refractivity contribution >= 4 is 5.69 Å². The summed E-state index contributed by atoms with van der Waals surface area (Å²) in [5, 5.41) is 0. The summed E-state index contributed by atoms with van der Waals surface area (Å²) in [6.45, 7) is 11.7. The molecule has 4 nitrogen and oxygen atoms in total. The number of benzene rings is 1. The largest absolute Gasteiger partial charge is 0.488 e. The van der Waals surface area contributed by atoms with Crippen molar-refractivity contribution in [2.75, 3.05) is 32.0 Å². The lowest BCUT2D eigenvalue weighted by atomic mass is 10.1. The van der Waals surface area contributed by atoms with E-state index in [-0.39, 0.29) is 6.10 Å². The van der Waals surface area contributed by atoms with Gasteiger partial charge in [-0.2, -0.15) is 0 Å². The van der Waals surface area contributed by atoms with Gasteiger partial charge in [0.2, 0.25) is 0 Å². The number of nitrogens with zero attached hydrogens (tertiary/aromatic N) is 1. The van der Waals surface area contributed by atoms with Gasteiger partial charge >= 0.3 is 0 Å². The fourth-order valence-electron chi connectivity index (χ4n) is 2.67. The van der Waals surface area contributed by atoms with Gasteiger partial charge in [0.05, 0.1) is 12.3 Å². The van der Waals surface area contributed by atoms with Gasteiger partial charge in [0.25, 0.3) is 0 Å². The van der Waals surface area contributed by atoms with Gasteiger partial charge in [-0.15, -0.1) is 0 Å². The molecule has 4 heteroatoms. The van der Waals surface area contributed by atoms with Crippen LogP contribution >= 0.6 is 0 Å². The van der Waals surface area contributed by atoms with E-state index in [4.69, 9.17) is 15.2 Å². The number of rotatable bonds is 4. The van der Waals surface area contributed by atoms with Crippen LogP contribution in [-0.2, 0) is 4.74 Å². The Balaban J connectivity index is 1.95. The first-order valence-corrected chi connectivity index (χ1v) is 7.32. The number of hydrogen-bond donors (Lipinski definition) is 1. The smallest absolute Gasteiger partial charge is 0.145 e. The Morgan fingerprint density at radius 3 is 2.80 bits per heavy atom. The lowest BCUT2D eigenvalue weighted by molar-refractivity contribution is -0.0564. The van der Waals surface area contributed by atoms with Gasteiger partial charge in [-0.25, -0.2) is 0 Å². The van der Waals surface area contributed by atoms with E-state index in [1.165, 1.54) is 0 Å². The van der Waals surface area contributed by atoms with Crippen LogP contribution in [0, 0.1) is 13.8 Å². The molecule has 1 unspecified atom stereocenters. The van der Waals surface area contributed by atoms with Crippen molar-refractivity contribution < 1.29 is 9.47 Å². The predicted molar refractivity (Wildman–Crippen MR) is 82.3 cm³/mol. The monoisotopic (exact) mass is 278 g/mol. The molecule has 0 amide bonds. The molecule has 1 heterocycles. The second-order valence-electron chi connectivity index (χ2n) is 5.89. The predicted octanol–water partition coefficient (Wildman–Crippen LogP) is 2.37. The number of hydrogen-bond acceptors (Lipinski definition) is 4. The molecule has 0 bridgehead atoms. The summed E-state index contributed by atoms with van der Waals surface area (Å²) in [7, 11) is 0. The summed E-state index contributed by atoms with van der Waals surface area (Å²) in [6.07, 6.45) is 0.117. The molecule has 1 aliphatic heterocycles. The van der Waals surface area contributed by atoms with Crippen molar-refractivity contribution in [3.8, 4) is 5.75 Å². The molecule has 1 aromatic rings. The number of nitrogens with two attached hydrogens (primary N) is 1. The Morgan fingerprint density at radius 2 is 2.15 bits per heavy atom. The molecule has 0 saturated carbocycles. The SMILES string of the molecule is Cc1cc(C)c(OCC2CN(C(C)C)CCO2)c(N)c1. The first-order chi connectivity index (χ1) is 9.47. The minimum atomic E-state index is 0.117. The zero-order valence-corrected chi connectivity index (χ0v) is 13.0. The highest BCUT2D eigenvalue weighted by Crippen LogP contribution is 2.27. The van der Waals surface area contributed by atoms with Crippen molar-refractivity contribution in [1.29, 1.82) is 0 Å². The van der Waals surface area contributed by atoms with Gasteiger partial charge in [0.15, 0.2) is 0 Å². The van der Waals surface area contributed by atoms with Gasteiger partial charge < -0.3 is 15.2 Å². The van der Waals surface area contributed by atoms with E-state index in [2.05, 4.69) is 24.8 Å². The second kappa shape index (κ2) is 6.46. The van der Waals surface area contributed by atoms with Crippen LogP contribution in [0.3, 0.4) is 0 Å². The van der Waals surface area contributed by atoms with Gasteiger partial charge in [0.1, 0.15) is 18.5 Å². The molecule has 1 saturated heterocycles. The van der Waals surface area contributed by atoms with Crippen molar-refractivity contribution in [2.24, 2.45) is 0 Å². The molecule has 2 N–H and O–H groups in total. The first-order valence-electron chi connectivity index (χ1n) is 7.32. The minimum absolute atomic E-state index is 0.117. The highest BCUT2D eigenvalue weighted by Gasteiger charge is 2.23. The van der Waals surface area contributed by atoms with Crippen LogP contribution in [0.25, 0.3) is 0 Å². The third-order valence-electron chi connectivity index (χ3n) is 3.76. The molecule has 0 aromatic heterocycles. The molecule has 112 valence electrons. The molecular formula is C16H26N2O2. The minimum Gasteiger partial charge on any atom is -0.488 e. The van der Waals surface area contributed by atoms with Crippen LogP contribution in [0.15, 0.2) is 12.1 Å². The zero-order valence-electron chi connectivity index (χ0n) is 13.0. The third kappa shape index (κ3) is 3.64. The van der Waals surface area contributed by atoms with Crippen LogP contribution in [0.1, 0.15) is 25.0 Å². The van der Waals surface area contributed by atoms with E-state index < -0.39 is 0 Å². The van der Waals surface area contributed by atoms with Gasteiger partial charge in [-0.05, 0) is 44.9 Å². The maximum atomic E-state index is 6.04. The average molecular weight is 278 g/mol. The molecule has 20 heavy (non-hydrogen) atoms. The molecule has 0 aliphatic carbocycles. The van der Waals surface area contributed by atoms with E-state index in [0.717, 1.165) is 36.6 Å². The molecule has 1 atom stereocenters. The second-order valence-corrected chi connectivity index (χ2v) is 5.89. The third-order valence-corrected chi connectivity index (χ3v) is 3.76. The lowest BCUT2D eigenvalue weighted by Crippen LogP contribution is -2.47. The molecule has 0 radical (unpaired) electrons. The van der Waals surface area contributed by atoms with Gasteiger partial charge in [0, 0.05) is 19.1 Å². The Kier molecular flexibility index (Phi) is 4.89. The number of nitrogen functional groups attached to an aromatic ring is 1. The maximum absolute atomic E-state index is 6.04. The van der Waals surface area contributed by atoms with Gasteiger partial charge in [-0.3, -0.25) is 4.90 Å². The lowest BCUT2D eigenvalue weighted by Gasteiger charge is -2.35. The van der Waals surface area contributed by atoms with Crippen molar-refractivity contribution in [3.63, 3.8) is 0 Å². The Morgan fingerprint density at radius 1 is 1.40 bits per heavy atom.